The van der Waals surface area contributed by atoms with Gasteiger partial charge in [0.05, 0.1) is 5.54 Å². The molecule has 4 aliphatic heterocycles. The summed E-state index contributed by atoms with van der Waals surface area (Å²) in [5.74, 6) is 0.269. The minimum absolute atomic E-state index is 0.0741. The highest BCUT2D eigenvalue weighted by Gasteiger charge is 2.49. The van der Waals surface area contributed by atoms with Crippen LogP contribution in [0.5, 0.6) is 11.8 Å². The molecule has 41 heavy (non-hydrogen) atoms. The second-order valence-corrected chi connectivity index (χ2v) is 12.3. The normalized spacial score (nSPS) is 27.7. The van der Waals surface area contributed by atoms with Gasteiger partial charge in [-0.3, -0.25) is 4.90 Å². The summed E-state index contributed by atoms with van der Waals surface area (Å²) >= 11 is 0. The van der Waals surface area contributed by atoms with Gasteiger partial charge in [-0.25, -0.2) is 8.78 Å². The quantitative estimate of drug-likeness (QED) is 0.350. The molecule has 4 saturated heterocycles. The van der Waals surface area contributed by atoms with Crippen LogP contribution >= 0.6 is 0 Å². The number of benzene rings is 3. The maximum Gasteiger partial charge on any atom is 0.319 e. The van der Waals surface area contributed by atoms with Gasteiger partial charge in [0.15, 0.2) is 5.82 Å². The first kappa shape index (κ1) is 25.2. The zero-order valence-corrected chi connectivity index (χ0v) is 22.8. The molecular weight excluding hydrogens is 524 g/mol. The van der Waals surface area contributed by atoms with Gasteiger partial charge in [-0.05, 0) is 66.8 Å². The van der Waals surface area contributed by atoms with Crippen molar-refractivity contribution in [3.63, 3.8) is 0 Å². The first-order chi connectivity index (χ1) is 20.0. The van der Waals surface area contributed by atoms with Crippen LogP contribution in [-0.2, 0) is 0 Å². The van der Waals surface area contributed by atoms with Crippen LogP contribution in [0.15, 0.2) is 48.5 Å². The highest BCUT2D eigenvalue weighted by molar-refractivity contribution is 6.01. The number of hydrogen-bond acceptors (Lipinski definition) is 7. The largest absolute Gasteiger partial charge is 0.508 e. The summed E-state index contributed by atoms with van der Waals surface area (Å²) in [6, 6.07) is 15.4. The SMILES string of the molecule is Oc1cc(-c2ccc3c(N4CC5CCC(C4)N5)nc(OCC45CCCN4CC(F)C5)nc3c2F)c2ccccc2c1. The molecule has 4 unspecified atom stereocenters. The van der Waals surface area contributed by atoms with E-state index in [1.807, 2.05) is 30.3 Å². The van der Waals surface area contributed by atoms with Gasteiger partial charge >= 0.3 is 6.01 Å². The summed E-state index contributed by atoms with van der Waals surface area (Å²) in [5, 5.41) is 16.4. The molecule has 4 aromatic rings. The van der Waals surface area contributed by atoms with Crippen LogP contribution in [0.1, 0.15) is 32.1 Å². The summed E-state index contributed by atoms with van der Waals surface area (Å²) in [7, 11) is 0. The molecule has 9 heteroatoms. The number of ether oxygens (including phenoxy) is 1. The highest BCUT2D eigenvalue weighted by atomic mass is 19.1. The van der Waals surface area contributed by atoms with E-state index < -0.39 is 12.0 Å². The van der Waals surface area contributed by atoms with E-state index in [9.17, 15) is 9.50 Å². The zero-order valence-electron chi connectivity index (χ0n) is 22.8. The van der Waals surface area contributed by atoms with E-state index in [1.54, 1.807) is 18.2 Å². The van der Waals surface area contributed by atoms with Crippen molar-refractivity contribution in [2.24, 2.45) is 0 Å². The van der Waals surface area contributed by atoms with Crippen molar-refractivity contribution in [3.8, 4) is 22.9 Å². The lowest BCUT2D eigenvalue weighted by Crippen LogP contribution is -2.51. The summed E-state index contributed by atoms with van der Waals surface area (Å²) in [6.07, 6.45) is 3.69. The Hall–Kier alpha value is -3.56. The molecule has 0 aliphatic carbocycles. The molecule has 0 saturated carbocycles. The number of piperazine rings is 1. The van der Waals surface area contributed by atoms with Crippen LogP contribution < -0.4 is 15.0 Å². The number of phenolic OH excluding ortho intramolecular Hbond substituents is 1. The van der Waals surface area contributed by atoms with E-state index in [0.717, 1.165) is 56.1 Å². The lowest BCUT2D eigenvalue weighted by atomic mass is 9.95. The van der Waals surface area contributed by atoms with Gasteiger partial charge in [-0.2, -0.15) is 9.97 Å². The van der Waals surface area contributed by atoms with Crippen molar-refractivity contribution in [3.05, 3.63) is 54.3 Å². The van der Waals surface area contributed by atoms with E-state index in [-0.39, 0.29) is 29.4 Å². The fraction of sp³-hybridized carbons (Fsp3) is 0.438. The number of nitrogens with zero attached hydrogens (tertiary/aromatic N) is 4. The molecule has 0 amide bonds. The molecule has 4 fully saturated rings. The Balaban J connectivity index is 1.24. The van der Waals surface area contributed by atoms with E-state index >= 15 is 4.39 Å². The Morgan fingerprint density at radius 1 is 1.00 bits per heavy atom. The molecule has 2 N–H and O–H groups in total. The number of aromatic nitrogens is 2. The van der Waals surface area contributed by atoms with Gasteiger partial charge in [0.1, 0.15) is 29.9 Å². The Morgan fingerprint density at radius 2 is 1.83 bits per heavy atom. The minimum atomic E-state index is -0.861. The molecule has 2 bridgehead atoms. The number of nitrogens with one attached hydrogen (secondary N) is 1. The second-order valence-electron chi connectivity index (χ2n) is 12.3. The van der Waals surface area contributed by atoms with E-state index in [0.29, 0.717) is 47.4 Å². The third-order valence-corrected chi connectivity index (χ3v) is 9.65. The molecule has 7 nitrogen and oxygen atoms in total. The molecule has 4 atom stereocenters. The van der Waals surface area contributed by atoms with Crippen molar-refractivity contribution in [2.45, 2.75) is 55.9 Å². The molecule has 0 spiro atoms. The molecule has 5 heterocycles. The standard InChI is InChI=1S/C32H33F2N5O2/c33-20-14-32(10-3-11-39(32)15-20)18-41-31-36-29-26(30(37-31)38-16-21-6-7-22(17-38)35-21)9-8-25(28(29)34)27-13-23(40)12-19-4-1-2-5-24(19)27/h1-2,4-5,8-9,12-13,20-22,35,40H,3,6-7,10-11,14-18H2. The molecule has 3 aromatic carbocycles. The zero-order chi connectivity index (χ0) is 27.7. The van der Waals surface area contributed by atoms with E-state index in [4.69, 9.17) is 9.72 Å². The Labute approximate surface area is 237 Å². The van der Waals surface area contributed by atoms with Crippen molar-refractivity contribution < 1.29 is 18.6 Å². The Bertz CT molecular complexity index is 1650. The topological polar surface area (TPSA) is 73.8 Å². The molecule has 4 aliphatic rings. The smallest absolute Gasteiger partial charge is 0.319 e. The first-order valence-electron chi connectivity index (χ1n) is 14.7. The highest BCUT2D eigenvalue weighted by Crippen LogP contribution is 2.42. The van der Waals surface area contributed by atoms with Crippen molar-refractivity contribution >= 4 is 27.5 Å². The second kappa shape index (κ2) is 9.49. The average molecular weight is 558 g/mol. The van der Waals surface area contributed by atoms with Gasteiger partial charge in [-0.15, -0.1) is 0 Å². The van der Waals surface area contributed by atoms with Crippen LogP contribution in [0, 0.1) is 5.82 Å². The van der Waals surface area contributed by atoms with Crippen molar-refractivity contribution in [1.82, 2.24) is 20.2 Å². The maximum absolute atomic E-state index is 16.6. The predicted molar refractivity (Wildman–Crippen MR) is 155 cm³/mol. The molecule has 0 radical (unpaired) electrons. The van der Waals surface area contributed by atoms with E-state index in [2.05, 4.69) is 20.1 Å². The number of anilines is 1. The number of fused-ring (bicyclic) bond motifs is 5. The molecule has 1 aromatic heterocycles. The van der Waals surface area contributed by atoms with Crippen LogP contribution in [-0.4, -0.2) is 76.6 Å². The van der Waals surface area contributed by atoms with Crippen LogP contribution in [0.3, 0.4) is 0 Å². The predicted octanol–water partition coefficient (Wildman–Crippen LogP) is 5.19. The summed E-state index contributed by atoms with van der Waals surface area (Å²) in [5.41, 5.74) is 0.796. The lowest BCUT2D eigenvalue weighted by Gasteiger charge is -2.34. The average Bonchev–Trinajstić information content (AvgIpc) is 3.61. The van der Waals surface area contributed by atoms with Crippen molar-refractivity contribution in [1.29, 1.82) is 0 Å². The van der Waals surface area contributed by atoms with Crippen LogP contribution in [0.25, 0.3) is 32.8 Å². The number of aromatic hydroxyl groups is 1. The fourth-order valence-electron chi connectivity index (χ4n) is 7.77. The number of rotatable bonds is 5. The first-order valence-corrected chi connectivity index (χ1v) is 14.7. The monoisotopic (exact) mass is 557 g/mol. The lowest BCUT2D eigenvalue weighted by molar-refractivity contribution is 0.107. The van der Waals surface area contributed by atoms with Gasteiger partial charge in [-0.1, -0.05) is 30.3 Å². The number of alkyl halides is 1. The summed E-state index contributed by atoms with van der Waals surface area (Å²) < 4.78 is 37.3. The number of halogens is 2. The van der Waals surface area contributed by atoms with Crippen molar-refractivity contribution in [2.75, 3.05) is 37.7 Å². The molecule has 212 valence electrons. The minimum Gasteiger partial charge on any atom is -0.508 e. The fourth-order valence-corrected chi connectivity index (χ4v) is 7.77. The Kier molecular flexibility index (Phi) is 5.83. The van der Waals surface area contributed by atoms with Gasteiger partial charge in [0, 0.05) is 49.1 Å². The summed E-state index contributed by atoms with van der Waals surface area (Å²) in [6.45, 7) is 3.15. The van der Waals surface area contributed by atoms with Crippen LogP contribution in [0.4, 0.5) is 14.6 Å². The third kappa shape index (κ3) is 4.20. The third-order valence-electron chi connectivity index (χ3n) is 9.65. The van der Waals surface area contributed by atoms with Gasteiger partial charge < -0.3 is 20.1 Å². The van der Waals surface area contributed by atoms with Gasteiger partial charge in [0.25, 0.3) is 0 Å². The Morgan fingerprint density at radius 3 is 2.68 bits per heavy atom. The summed E-state index contributed by atoms with van der Waals surface area (Å²) in [4.78, 5) is 13.9. The molecular formula is C32H33F2N5O2. The van der Waals surface area contributed by atoms with Crippen LogP contribution in [0.2, 0.25) is 0 Å². The van der Waals surface area contributed by atoms with Gasteiger partial charge in [0.2, 0.25) is 0 Å². The van der Waals surface area contributed by atoms with E-state index in [1.165, 1.54) is 0 Å². The maximum atomic E-state index is 16.6. The number of hydrogen-bond donors (Lipinski definition) is 2. The number of phenols is 1. The molecule has 8 rings (SSSR count).